The van der Waals surface area contributed by atoms with Crippen molar-refractivity contribution >= 4 is 32.8 Å². The van der Waals surface area contributed by atoms with E-state index in [0.29, 0.717) is 19.8 Å². The molecule has 1 aliphatic carbocycles. The zero-order chi connectivity index (χ0) is 21.0. The maximum absolute atomic E-state index is 12.8. The lowest BCUT2D eigenvalue weighted by Crippen LogP contribution is -2.37. The number of nitrogens with zero attached hydrogens (tertiary/aromatic N) is 1. The molecule has 1 fully saturated rings. The Morgan fingerprint density at radius 3 is 2.48 bits per heavy atom. The number of ether oxygens (including phenoxy) is 3. The zero-order valence-electron chi connectivity index (χ0n) is 17.7. The molecule has 0 bridgehead atoms. The number of halogens is 1. The van der Waals surface area contributed by atoms with Crippen molar-refractivity contribution in [2.24, 2.45) is 0 Å². The van der Waals surface area contributed by atoms with Crippen molar-refractivity contribution < 1.29 is 19.0 Å². The fraction of sp³-hybridized carbons (Fsp3) is 0.522. The van der Waals surface area contributed by atoms with Gasteiger partial charge in [-0.05, 0) is 66.6 Å². The second kappa shape index (κ2) is 9.35. The second-order valence-electron chi connectivity index (χ2n) is 8.43. The average molecular weight is 464 g/mol. The van der Waals surface area contributed by atoms with Crippen molar-refractivity contribution in [1.82, 2.24) is 4.90 Å². The minimum atomic E-state index is -0.513. The number of amides is 1. The van der Waals surface area contributed by atoms with Gasteiger partial charge in [0.2, 0.25) is 0 Å². The Morgan fingerprint density at radius 2 is 1.86 bits per heavy atom. The summed E-state index contributed by atoms with van der Waals surface area (Å²) in [5, 5.41) is 2.13. The van der Waals surface area contributed by atoms with E-state index in [1.807, 2.05) is 43.9 Å². The molecule has 6 heteroatoms. The van der Waals surface area contributed by atoms with Crippen LogP contribution in [-0.4, -0.2) is 43.0 Å². The maximum Gasteiger partial charge on any atom is 0.410 e. The average Bonchev–Trinajstić information content (AvgIpc) is 3.49. The van der Waals surface area contributed by atoms with Crippen LogP contribution in [0.15, 0.2) is 34.8 Å². The van der Waals surface area contributed by atoms with Crippen LogP contribution in [0.5, 0.6) is 5.75 Å². The molecule has 158 valence electrons. The van der Waals surface area contributed by atoms with Crippen molar-refractivity contribution in [2.45, 2.75) is 58.2 Å². The Labute approximate surface area is 181 Å². The quantitative estimate of drug-likeness (QED) is 0.456. The van der Waals surface area contributed by atoms with Crippen LogP contribution < -0.4 is 4.74 Å². The van der Waals surface area contributed by atoms with Gasteiger partial charge >= 0.3 is 6.09 Å². The summed E-state index contributed by atoms with van der Waals surface area (Å²) in [7, 11) is 1.69. The SMILES string of the molecule is COCCCOc1cc(CN(C(=O)OC(C)(C)C)C2CC2)c(Br)c2ccccc12. The summed E-state index contributed by atoms with van der Waals surface area (Å²) in [5.41, 5.74) is 0.503. The molecule has 0 heterocycles. The number of carbonyl (C=O) groups is 1. The summed E-state index contributed by atoms with van der Waals surface area (Å²) in [5.74, 6) is 0.829. The van der Waals surface area contributed by atoms with Gasteiger partial charge in [-0.25, -0.2) is 4.79 Å². The van der Waals surface area contributed by atoms with Crippen LogP contribution in [-0.2, 0) is 16.0 Å². The molecular formula is C23H30BrNO4. The lowest BCUT2D eigenvalue weighted by molar-refractivity contribution is 0.0216. The summed E-state index contributed by atoms with van der Waals surface area (Å²) in [4.78, 5) is 14.6. The second-order valence-corrected chi connectivity index (χ2v) is 9.22. The number of hydrogen-bond acceptors (Lipinski definition) is 4. The molecule has 0 radical (unpaired) electrons. The molecule has 1 saturated carbocycles. The smallest absolute Gasteiger partial charge is 0.410 e. The van der Waals surface area contributed by atoms with Gasteiger partial charge in [0.1, 0.15) is 11.4 Å². The van der Waals surface area contributed by atoms with Gasteiger partial charge in [0.25, 0.3) is 0 Å². The van der Waals surface area contributed by atoms with Gasteiger partial charge < -0.3 is 19.1 Å². The van der Waals surface area contributed by atoms with Crippen LogP contribution in [0.25, 0.3) is 10.8 Å². The van der Waals surface area contributed by atoms with Crippen LogP contribution >= 0.6 is 15.9 Å². The first-order valence-corrected chi connectivity index (χ1v) is 10.9. The minimum Gasteiger partial charge on any atom is -0.493 e. The molecule has 3 rings (SSSR count). The Kier molecular flexibility index (Phi) is 7.06. The molecule has 0 spiro atoms. The molecule has 0 unspecified atom stereocenters. The van der Waals surface area contributed by atoms with Crippen LogP contribution in [0.4, 0.5) is 4.79 Å². The number of carbonyl (C=O) groups excluding carboxylic acids is 1. The summed E-state index contributed by atoms with van der Waals surface area (Å²) >= 11 is 3.76. The van der Waals surface area contributed by atoms with Crippen molar-refractivity contribution in [2.75, 3.05) is 20.3 Å². The molecule has 0 aromatic heterocycles. The van der Waals surface area contributed by atoms with Crippen molar-refractivity contribution in [1.29, 1.82) is 0 Å². The topological polar surface area (TPSA) is 48.0 Å². The number of fused-ring (bicyclic) bond motifs is 1. The normalized spacial score (nSPS) is 14.1. The standard InChI is InChI=1S/C23H30BrNO4/c1-23(2,3)29-22(26)25(17-10-11-17)15-16-14-20(28-13-7-12-27-4)18-8-5-6-9-19(18)21(16)24/h5-6,8-9,14,17H,7,10-13,15H2,1-4H3. The first-order chi connectivity index (χ1) is 13.8. The molecule has 1 amide bonds. The Hall–Kier alpha value is -1.79. The van der Waals surface area contributed by atoms with E-state index >= 15 is 0 Å². The number of rotatable bonds is 8. The molecule has 0 N–H and O–H groups in total. The highest BCUT2D eigenvalue weighted by Gasteiger charge is 2.35. The molecule has 0 saturated heterocycles. The van der Waals surface area contributed by atoms with E-state index in [2.05, 4.69) is 28.1 Å². The fourth-order valence-corrected chi connectivity index (χ4v) is 3.80. The third-order valence-corrected chi connectivity index (χ3v) is 5.66. The van der Waals surface area contributed by atoms with E-state index < -0.39 is 5.60 Å². The van der Waals surface area contributed by atoms with E-state index in [-0.39, 0.29) is 12.1 Å². The third-order valence-electron chi connectivity index (χ3n) is 4.72. The Morgan fingerprint density at radius 1 is 1.17 bits per heavy atom. The summed E-state index contributed by atoms with van der Waals surface area (Å²) in [6.45, 7) is 7.42. The summed E-state index contributed by atoms with van der Waals surface area (Å²) in [6.07, 6.45) is 2.60. The first-order valence-electron chi connectivity index (χ1n) is 10.1. The van der Waals surface area contributed by atoms with Gasteiger partial charge in [-0.15, -0.1) is 0 Å². The number of methoxy groups -OCH3 is 1. The highest BCUT2D eigenvalue weighted by atomic mass is 79.9. The lowest BCUT2D eigenvalue weighted by atomic mass is 10.1. The molecule has 0 atom stereocenters. The van der Waals surface area contributed by atoms with Gasteiger partial charge in [-0.2, -0.15) is 0 Å². The van der Waals surface area contributed by atoms with Gasteiger partial charge in [-0.1, -0.05) is 24.3 Å². The van der Waals surface area contributed by atoms with E-state index in [0.717, 1.165) is 45.8 Å². The van der Waals surface area contributed by atoms with Crippen LogP contribution in [0.1, 0.15) is 45.6 Å². The summed E-state index contributed by atoms with van der Waals surface area (Å²) in [6, 6.07) is 10.4. The highest BCUT2D eigenvalue weighted by molar-refractivity contribution is 9.10. The van der Waals surface area contributed by atoms with E-state index in [4.69, 9.17) is 14.2 Å². The summed E-state index contributed by atoms with van der Waals surface area (Å²) < 4.78 is 17.8. The Bertz CT molecular complexity index is 858. The van der Waals surface area contributed by atoms with Crippen molar-refractivity contribution in [3.8, 4) is 5.75 Å². The molecule has 1 aliphatic rings. The van der Waals surface area contributed by atoms with Crippen molar-refractivity contribution in [3.63, 3.8) is 0 Å². The maximum atomic E-state index is 12.8. The van der Waals surface area contributed by atoms with Gasteiger partial charge in [0.15, 0.2) is 0 Å². The molecule has 2 aromatic carbocycles. The monoisotopic (exact) mass is 463 g/mol. The predicted molar refractivity (Wildman–Crippen MR) is 118 cm³/mol. The third kappa shape index (κ3) is 5.86. The fourth-order valence-electron chi connectivity index (χ4n) is 3.21. The lowest BCUT2D eigenvalue weighted by Gasteiger charge is -2.28. The molecule has 5 nitrogen and oxygen atoms in total. The van der Waals surface area contributed by atoms with Crippen LogP contribution in [0, 0.1) is 0 Å². The molecular weight excluding hydrogens is 434 g/mol. The van der Waals surface area contributed by atoms with Crippen LogP contribution in [0.3, 0.4) is 0 Å². The van der Waals surface area contributed by atoms with E-state index in [9.17, 15) is 4.79 Å². The minimum absolute atomic E-state index is 0.245. The Balaban J connectivity index is 1.89. The first kappa shape index (κ1) is 21.9. The van der Waals surface area contributed by atoms with E-state index in [1.165, 1.54) is 0 Å². The largest absolute Gasteiger partial charge is 0.493 e. The van der Waals surface area contributed by atoms with Gasteiger partial charge in [0.05, 0.1) is 13.2 Å². The van der Waals surface area contributed by atoms with Gasteiger partial charge in [-0.3, -0.25) is 0 Å². The molecule has 2 aromatic rings. The predicted octanol–water partition coefficient (Wildman–Crippen LogP) is 5.92. The zero-order valence-corrected chi connectivity index (χ0v) is 19.3. The number of hydrogen-bond donors (Lipinski definition) is 0. The highest BCUT2D eigenvalue weighted by Crippen LogP contribution is 2.38. The molecule has 29 heavy (non-hydrogen) atoms. The van der Waals surface area contributed by atoms with Crippen molar-refractivity contribution in [3.05, 3.63) is 40.4 Å². The molecule has 0 aliphatic heterocycles. The van der Waals surface area contributed by atoms with E-state index in [1.54, 1.807) is 7.11 Å². The van der Waals surface area contributed by atoms with Crippen LogP contribution in [0.2, 0.25) is 0 Å². The number of benzene rings is 2. The van der Waals surface area contributed by atoms with Gasteiger partial charge in [0, 0.05) is 36.0 Å².